The molecular weight excluding hydrogens is 264 g/mol. The van der Waals surface area contributed by atoms with Crippen molar-refractivity contribution < 1.29 is 0 Å². The first-order chi connectivity index (χ1) is 8.65. The predicted octanol–water partition coefficient (Wildman–Crippen LogP) is 4.63. The van der Waals surface area contributed by atoms with Crippen molar-refractivity contribution in [1.82, 2.24) is 9.97 Å². The van der Waals surface area contributed by atoms with E-state index in [0.717, 1.165) is 21.3 Å². The SMILES string of the molecule is Cc1ccc2nc(-c3sccc3C)nc(Cl)c2c1. The Bertz CT molecular complexity index is 734. The van der Waals surface area contributed by atoms with E-state index in [1.165, 1.54) is 5.56 Å². The van der Waals surface area contributed by atoms with Crippen LogP contribution in [0.5, 0.6) is 0 Å². The monoisotopic (exact) mass is 274 g/mol. The maximum atomic E-state index is 6.26. The molecule has 0 aliphatic heterocycles. The lowest BCUT2D eigenvalue weighted by Gasteiger charge is -2.04. The first-order valence-electron chi connectivity index (χ1n) is 5.63. The number of hydrogen-bond acceptors (Lipinski definition) is 3. The Labute approximate surface area is 114 Å². The molecular formula is C14H11ClN2S. The number of halogens is 1. The lowest BCUT2D eigenvalue weighted by atomic mass is 10.1. The van der Waals surface area contributed by atoms with Crippen molar-refractivity contribution >= 4 is 33.8 Å². The number of nitrogens with zero attached hydrogens (tertiary/aromatic N) is 2. The van der Waals surface area contributed by atoms with Crippen molar-refractivity contribution in [2.75, 3.05) is 0 Å². The fourth-order valence-electron chi connectivity index (χ4n) is 1.91. The van der Waals surface area contributed by atoms with Crippen molar-refractivity contribution in [3.05, 3.63) is 45.9 Å². The molecule has 0 bridgehead atoms. The molecule has 0 radical (unpaired) electrons. The Morgan fingerprint density at radius 2 is 1.94 bits per heavy atom. The van der Waals surface area contributed by atoms with Gasteiger partial charge >= 0.3 is 0 Å². The summed E-state index contributed by atoms with van der Waals surface area (Å²) >= 11 is 7.90. The van der Waals surface area contributed by atoms with Crippen LogP contribution in [0.25, 0.3) is 21.6 Å². The van der Waals surface area contributed by atoms with Gasteiger partial charge in [-0.05, 0) is 43.0 Å². The summed E-state index contributed by atoms with van der Waals surface area (Å²) in [5.74, 6) is 0.712. The van der Waals surface area contributed by atoms with Gasteiger partial charge in [-0.25, -0.2) is 9.97 Å². The van der Waals surface area contributed by atoms with Crippen molar-refractivity contribution in [3.63, 3.8) is 0 Å². The lowest BCUT2D eigenvalue weighted by molar-refractivity contribution is 1.23. The number of thiophene rings is 1. The number of fused-ring (bicyclic) bond motifs is 1. The van der Waals surface area contributed by atoms with Gasteiger partial charge in [-0.2, -0.15) is 0 Å². The van der Waals surface area contributed by atoms with E-state index in [4.69, 9.17) is 11.6 Å². The lowest BCUT2D eigenvalue weighted by Crippen LogP contribution is -1.91. The van der Waals surface area contributed by atoms with Crippen LogP contribution in [0.4, 0.5) is 0 Å². The number of aryl methyl sites for hydroxylation is 2. The minimum Gasteiger partial charge on any atom is -0.227 e. The second-order valence-electron chi connectivity index (χ2n) is 4.29. The normalized spacial score (nSPS) is 11.1. The second kappa shape index (κ2) is 4.34. The molecule has 0 unspecified atom stereocenters. The molecule has 90 valence electrons. The van der Waals surface area contributed by atoms with Crippen LogP contribution >= 0.6 is 22.9 Å². The van der Waals surface area contributed by atoms with Crippen LogP contribution < -0.4 is 0 Å². The van der Waals surface area contributed by atoms with Crippen molar-refractivity contribution in [2.24, 2.45) is 0 Å². The third-order valence-electron chi connectivity index (χ3n) is 2.87. The van der Waals surface area contributed by atoms with Crippen molar-refractivity contribution in [2.45, 2.75) is 13.8 Å². The van der Waals surface area contributed by atoms with E-state index in [0.29, 0.717) is 11.0 Å². The van der Waals surface area contributed by atoms with Crippen LogP contribution in [0.15, 0.2) is 29.6 Å². The van der Waals surface area contributed by atoms with Gasteiger partial charge in [-0.3, -0.25) is 0 Å². The highest BCUT2D eigenvalue weighted by Gasteiger charge is 2.10. The van der Waals surface area contributed by atoms with Gasteiger partial charge in [0.25, 0.3) is 0 Å². The molecule has 2 aromatic heterocycles. The summed E-state index contributed by atoms with van der Waals surface area (Å²) in [5, 5.41) is 3.47. The molecule has 3 rings (SSSR count). The van der Waals surface area contributed by atoms with Gasteiger partial charge in [0.2, 0.25) is 0 Å². The molecule has 0 amide bonds. The molecule has 0 saturated heterocycles. The summed E-state index contributed by atoms with van der Waals surface area (Å²) in [6.45, 7) is 4.09. The molecule has 18 heavy (non-hydrogen) atoms. The van der Waals surface area contributed by atoms with E-state index in [1.807, 2.05) is 30.5 Å². The molecule has 4 heteroatoms. The Morgan fingerprint density at radius 3 is 2.67 bits per heavy atom. The van der Waals surface area contributed by atoms with Gasteiger partial charge in [-0.15, -0.1) is 11.3 Å². The molecule has 1 aromatic carbocycles. The fourth-order valence-corrected chi connectivity index (χ4v) is 3.00. The maximum Gasteiger partial charge on any atom is 0.171 e. The van der Waals surface area contributed by atoms with E-state index in [-0.39, 0.29) is 0 Å². The zero-order chi connectivity index (χ0) is 12.7. The van der Waals surface area contributed by atoms with Crippen molar-refractivity contribution in [1.29, 1.82) is 0 Å². The van der Waals surface area contributed by atoms with Crippen LogP contribution in [0.1, 0.15) is 11.1 Å². The largest absolute Gasteiger partial charge is 0.227 e. The van der Waals surface area contributed by atoms with Crippen LogP contribution in [0.2, 0.25) is 5.15 Å². The topological polar surface area (TPSA) is 25.8 Å². The standard InChI is InChI=1S/C14H11ClN2S/c1-8-3-4-11-10(7-8)13(15)17-14(16-11)12-9(2)5-6-18-12/h3-7H,1-2H3. The third-order valence-corrected chi connectivity index (χ3v) is 4.17. The van der Waals surface area contributed by atoms with Gasteiger partial charge in [0, 0.05) is 5.39 Å². The molecule has 0 aliphatic rings. The Morgan fingerprint density at radius 1 is 1.11 bits per heavy atom. The molecule has 0 aliphatic carbocycles. The molecule has 0 atom stereocenters. The quantitative estimate of drug-likeness (QED) is 0.605. The number of rotatable bonds is 1. The fraction of sp³-hybridized carbons (Fsp3) is 0.143. The predicted molar refractivity (Wildman–Crippen MR) is 77.3 cm³/mol. The minimum absolute atomic E-state index is 0.520. The van der Waals surface area contributed by atoms with Gasteiger partial charge in [0.05, 0.1) is 10.4 Å². The van der Waals surface area contributed by atoms with Crippen LogP contribution in [-0.4, -0.2) is 9.97 Å². The average Bonchev–Trinajstić information content (AvgIpc) is 2.76. The Balaban J connectivity index is 2.28. The van der Waals surface area contributed by atoms with Gasteiger partial charge in [-0.1, -0.05) is 23.2 Å². The summed E-state index contributed by atoms with van der Waals surface area (Å²) in [6.07, 6.45) is 0. The molecule has 0 N–H and O–H groups in total. The van der Waals surface area contributed by atoms with Gasteiger partial charge in [0.15, 0.2) is 5.82 Å². The van der Waals surface area contributed by atoms with E-state index >= 15 is 0 Å². The smallest absolute Gasteiger partial charge is 0.171 e. The maximum absolute atomic E-state index is 6.26. The summed E-state index contributed by atoms with van der Waals surface area (Å²) in [6, 6.07) is 8.11. The molecule has 0 fully saturated rings. The average molecular weight is 275 g/mol. The van der Waals surface area contributed by atoms with Crippen LogP contribution in [0, 0.1) is 13.8 Å². The van der Waals surface area contributed by atoms with Crippen LogP contribution in [-0.2, 0) is 0 Å². The minimum atomic E-state index is 0.520. The second-order valence-corrected chi connectivity index (χ2v) is 5.57. The summed E-state index contributed by atoms with van der Waals surface area (Å²) < 4.78 is 0. The molecule has 2 nitrogen and oxygen atoms in total. The highest BCUT2D eigenvalue weighted by atomic mass is 35.5. The van der Waals surface area contributed by atoms with E-state index in [2.05, 4.69) is 23.0 Å². The van der Waals surface area contributed by atoms with Crippen LogP contribution in [0.3, 0.4) is 0 Å². The van der Waals surface area contributed by atoms with E-state index in [9.17, 15) is 0 Å². The molecule has 0 spiro atoms. The van der Waals surface area contributed by atoms with Crippen molar-refractivity contribution in [3.8, 4) is 10.7 Å². The Kier molecular flexibility index (Phi) is 2.80. The highest BCUT2D eigenvalue weighted by Crippen LogP contribution is 2.30. The highest BCUT2D eigenvalue weighted by molar-refractivity contribution is 7.13. The number of benzene rings is 1. The number of hydrogen-bond donors (Lipinski definition) is 0. The Hall–Kier alpha value is -1.45. The molecule has 2 heterocycles. The third kappa shape index (κ3) is 1.89. The van der Waals surface area contributed by atoms with Gasteiger partial charge < -0.3 is 0 Å². The van der Waals surface area contributed by atoms with Gasteiger partial charge in [0.1, 0.15) is 5.15 Å². The summed E-state index contributed by atoms with van der Waals surface area (Å²) in [4.78, 5) is 10.1. The van der Waals surface area contributed by atoms with E-state index in [1.54, 1.807) is 11.3 Å². The summed E-state index contributed by atoms with van der Waals surface area (Å²) in [7, 11) is 0. The first-order valence-corrected chi connectivity index (χ1v) is 6.89. The molecule has 3 aromatic rings. The summed E-state index contributed by atoms with van der Waals surface area (Å²) in [5.41, 5.74) is 3.24. The van der Waals surface area contributed by atoms with E-state index < -0.39 is 0 Å². The zero-order valence-corrected chi connectivity index (χ0v) is 11.6. The molecule has 0 saturated carbocycles. The zero-order valence-electron chi connectivity index (χ0n) is 10.1. The number of aromatic nitrogens is 2. The first kappa shape index (κ1) is 11.6.